The minimum Gasteiger partial charge on any atom is -0.326 e. The van der Waals surface area contributed by atoms with Gasteiger partial charge in [-0.25, -0.2) is 4.98 Å². The molecule has 0 spiro atoms. The molecule has 0 aliphatic heterocycles. The van der Waals surface area contributed by atoms with Crippen molar-refractivity contribution < 1.29 is 0 Å². The summed E-state index contributed by atoms with van der Waals surface area (Å²) in [6.07, 6.45) is 6.68. The first-order valence-electron chi connectivity index (χ1n) is 7.13. The van der Waals surface area contributed by atoms with Crippen molar-refractivity contribution in [2.45, 2.75) is 44.6 Å². The molecule has 1 aliphatic carbocycles. The van der Waals surface area contributed by atoms with Crippen LogP contribution in [0.15, 0.2) is 30.3 Å². The highest BCUT2D eigenvalue weighted by molar-refractivity contribution is 7.12. The van der Waals surface area contributed by atoms with E-state index in [1.807, 2.05) is 17.4 Å². The van der Waals surface area contributed by atoms with Crippen molar-refractivity contribution in [2.75, 3.05) is 0 Å². The van der Waals surface area contributed by atoms with Crippen molar-refractivity contribution in [3.05, 3.63) is 40.2 Å². The number of nitrogens with zero attached hydrogens (tertiary/aromatic N) is 1. The quantitative estimate of drug-likeness (QED) is 0.904. The number of hydrogen-bond acceptors (Lipinski definition) is 3. The predicted octanol–water partition coefficient (Wildman–Crippen LogP) is 4.32. The summed E-state index contributed by atoms with van der Waals surface area (Å²) in [5, 5.41) is 1.30. The van der Waals surface area contributed by atoms with Crippen LogP contribution < -0.4 is 5.73 Å². The Kier molecular flexibility index (Phi) is 3.95. The van der Waals surface area contributed by atoms with Crippen LogP contribution in [0.25, 0.3) is 11.3 Å². The first kappa shape index (κ1) is 12.8. The largest absolute Gasteiger partial charge is 0.326 e. The average molecular weight is 272 g/mol. The van der Waals surface area contributed by atoms with Crippen LogP contribution in [-0.2, 0) is 6.54 Å². The van der Waals surface area contributed by atoms with Crippen molar-refractivity contribution in [3.8, 4) is 11.3 Å². The molecule has 1 fully saturated rings. The molecule has 0 unspecified atom stereocenters. The molecule has 1 heterocycles. The Bertz CT molecular complexity index is 527. The van der Waals surface area contributed by atoms with Crippen molar-refractivity contribution >= 4 is 11.3 Å². The molecule has 2 aromatic rings. The van der Waals surface area contributed by atoms with E-state index in [4.69, 9.17) is 10.7 Å². The highest BCUT2D eigenvalue weighted by atomic mass is 32.1. The molecule has 1 aliphatic rings. The Hall–Kier alpha value is -1.19. The van der Waals surface area contributed by atoms with Gasteiger partial charge in [-0.15, -0.1) is 11.3 Å². The first-order chi connectivity index (χ1) is 9.38. The molecule has 0 saturated heterocycles. The second-order valence-electron chi connectivity index (χ2n) is 5.23. The van der Waals surface area contributed by atoms with Gasteiger partial charge in [-0.2, -0.15) is 0 Å². The van der Waals surface area contributed by atoms with Gasteiger partial charge < -0.3 is 5.73 Å². The topological polar surface area (TPSA) is 38.9 Å². The molecule has 2 N–H and O–H groups in total. The number of thiazole rings is 1. The molecule has 100 valence electrons. The molecule has 1 saturated carbocycles. The average Bonchev–Trinajstić information content (AvgIpc) is 2.93. The highest BCUT2D eigenvalue weighted by Gasteiger charge is 2.21. The fourth-order valence-electron chi connectivity index (χ4n) is 2.85. The van der Waals surface area contributed by atoms with Gasteiger partial charge in [0.15, 0.2) is 0 Å². The number of nitrogens with two attached hydrogens (primary N) is 1. The van der Waals surface area contributed by atoms with Crippen LogP contribution in [0, 0.1) is 0 Å². The lowest BCUT2D eigenvalue weighted by molar-refractivity contribution is 0.442. The molecule has 19 heavy (non-hydrogen) atoms. The Morgan fingerprint density at radius 2 is 1.84 bits per heavy atom. The highest BCUT2D eigenvalue weighted by Crippen LogP contribution is 2.38. The minimum absolute atomic E-state index is 0.592. The maximum absolute atomic E-state index is 5.90. The summed E-state index contributed by atoms with van der Waals surface area (Å²) in [7, 11) is 0. The molecule has 3 rings (SSSR count). The molecule has 1 aromatic carbocycles. The second-order valence-corrected chi connectivity index (χ2v) is 6.34. The van der Waals surface area contributed by atoms with E-state index in [0.29, 0.717) is 12.5 Å². The van der Waals surface area contributed by atoms with E-state index >= 15 is 0 Å². The summed E-state index contributed by atoms with van der Waals surface area (Å²) in [6.45, 7) is 0.592. The van der Waals surface area contributed by atoms with Crippen LogP contribution in [0.5, 0.6) is 0 Å². The third-order valence-electron chi connectivity index (χ3n) is 3.90. The Balaban J connectivity index is 1.94. The molecule has 0 radical (unpaired) electrons. The van der Waals surface area contributed by atoms with Gasteiger partial charge in [-0.1, -0.05) is 49.6 Å². The number of aromatic nitrogens is 1. The molecule has 0 bridgehead atoms. The molecule has 2 nitrogen and oxygen atoms in total. The van der Waals surface area contributed by atoms with E-state index in [1.165, 1.54) is 47.6 Å². The summed E-state index contributed by atoms with van der Waals surface area (Å²) < 4.78 is 0. The zero-order valence-electron chi connectivity index (χ0n) is 11.1. The molecule has 3 heteroatoms. The number of hydrogen-bond donors (Lipinski definition) is 1. The fourth-order valence-corrected chi connectivity index (χ4v) is 3.99. The van der Waals surface area contributed by atoms with E-state index in [1.54, 1.807) is 0 Å². The van der Waals surface area contributed by atoms with E-state index in [-0.39, 0.29) is 0 Å². The molecule has 1 aromatic heterocycles. The van der Waals surface area contributed by atoms with Crippen molar-refractivity contribution in [2.24, 2.45) is 5.73 Å². The Morgan fingerprint density at radius 1 is 1.11 bits per heavy atom. The Morgan fingerprint density at radius 3 is 2.53 bits per heavy atom. The second kappa shape index (κ2) is 5.85. The zero-order chi connectivity index (χ0) is 13.1. The summed E-state index contributed by atoms with van der Waals surface area (Å²) in [5.74, 6) is 0.668. The van der Waals surface area contributed by atoms with Crippen LogP contribution >= 0.6 is 11.3 Å². The molecular formula is C16H20N2S. The molecule has 0 atom stereocenters. The smallest absolute Gasteiger partial charge is 0.0966 e. The number of benzene rings is 1. The third-order valence-corrected chi connectivity index (χ3v) is 5.14. The normalized spacial score (nSPS) is 16.7. The zero-order valence-corrected chi connectivity index (χ0v) is 12.0. The van der Waals surface area contributed by atoms with E-state index in [0.717, 1.165) is 5.69 Å². The van der Waals surface area contributed by atoms with Crippen LogP contribution in [0.4, 0.5) is 0 Å². The van der Waals surface area contributed by atoms with Gasteiger partial charge in [0.1, 0.15) is 0 Å². The van der Waals surface area contributed by atoms with Crippen molar-refractivity contribution in [1.29, 1.82) is 0 Å². The third kappa shape index (κ3) is 2.72. The van der Waals surface area contributed by atoms with E-state index < -0.39 is 0 Å². The lowest BCUT2D eigenvalue weighted by Gasteiger charge is -2.18. The van der Waals surface area contributed by atoms with Crippen molar-refractivity contribution in [3.63, 3.8) is 0 Å². The van der Waals surface area contributed by atoms with Crippen LogP contribution in [0.1, 0.15) is 47.9 Å². The Labute approximate surface area is 118 Å². The molecule has 0 amide bonds. The first-order valence-corrected chi connectivity index (χ1v) is 7.95. The van der Waals surface area contributed by atoms with Crippen LogP contribution in [-0.4, -0.2) is 4.98 Å². The van der Waals surface area contributed by atoms with Gasteiger partial charge >= 0.3 is 0 Å². The SMILES string of the molecule is NCc1sc(C2CCCCC2)nc1-c1ccccc1. The predicted molar refractivity (Wildman–Crippen MR) is 81.3 cm³/mol. The van der Waals surface area contributed by atoms with Gasteiger partial charge in [0.2, 0.25) is 0 Å². The van der Waals surface area contributed by atoms with Gasteiger partial charge in [-0.3, -0.25) is 0 Å². The summed E-state index contributed by atoms with van der Waals surface area (Å²) >= 11 is 1.82. The van der Waals surface area contributed by atoms with Gasteiger partial charge in [0, 0.05) is 22.9 Å². The van der Waals surface area contributed by atoms with Crippen LogP contribution in [0.3, 0.4) is 0 Å². The van der Waals surface area contributed by atoms with Gasteiger partial charge in [-0.05, 0) is 12.8 Å². The van der Waals surface area contributed by atoms with Crippen molar-refractivity contribution in [1.82, 2.24) is 4.98 Å². The fraction of sp³-hybridized carbons (Fsp3) is 0.438. The van der Waals surface area contributed by atoms with Crippen LogP contribution in [0.2, 0.25) is 0 Å². The minimum atomic E-state index is 0.592. The maximum atomic E-state index is 5.90. The van der Waals surface area contributed by atoms with E-state index in [9.17, 15) is 0 Å². The summed E-state index contributed by atoms with van der Waals surface area (Å²) in [5.41, 5.74) is 8.20. The summed E-state index contributed by atoms with van der Waals surface area (Å²) in [6, 6.07) is 10.4. The lowest BCUT2D eigenvalue weighted by atomic mass is 9.90. The maximum Gasteiger partial charge on any atom is 0.0966 e. The van der Waals surface area contributed by atoms with Gasteiger partial charge in [0.05, 0.1) is 10.7 Å². The number of rotatable bonds is 3. The van der Waals surface area contributed by atoms with E-state index in [2.05, 4.69) is 24.3 Å². The lowest BCUT2D eigenvalue weighted by Crippen LogP contribution is -2.03. The monoisotopic (exact) mass is 272 g/mol. The van der Waals surface area contributed by atoms with Gasteiger partial charge in [0.25, 0.3) is 0 Å². The standard InChI is InChI=1S/C16H20N2S/c17-11-14-15(12-7-3-1-4-8-12)18-16(19-14)13-9-5-2-6-10-13/h1,3-4,7-8,13H,2,5-6,9-11,17H2. The summed E-state index contributed by atoms with van der Waals surface area (Å²) in [4.78, 5) is 6.14. The molecular weight excluding hydrogens is 252 g/mol.